The number of hydrogen-bond donors (Lipinski definition) is 2. The smallest absolute Gasteiger partial charge is 0.293 e. The van der Waals surface area contributed by atoms with Gasteiger partial charge in [0, 0.05) is 5.39 Å². The second-order valence-corrected chi connectivity index (χ2v) is 6.97. The standard InChI is InChI=1S/C15H14N4O5S/c1-9-5-10-8-16-17-13(10)7-12(9)18-25(22,23)15-4-3-11(24-2)6-14(15)19(20)21/h3-8,18H,1-2H3,(H,16,17). The Hall–Kier alpha value is -3.14. The van der Waals surface area contributed by atoms with Gasteiger partial charge >= 0.3 is 0 Å². The van der Waals surface area contributed by atoms with E-state index in [0.717, 1.165) is 17.5 Å². The zero-order chi connectivity index (χ0) is 18.2. The van der Waals surface area contributed by atoms with E-state index in [9.17, 15) is 18.5 Å². The summed E-state index contributed by atoms with van der Waals surface area (Å²) in [7, 11) is -2.83. The van der Waals surface area contributed by atoms with E-state index in [1.54, 1.807) is 25.3 Å². The molecule has 0 bridgehead atoms. The molecule has 1 heterocycles. The fourth-order valence-corrected chi connectivity index (χ4v) is 3.68. The first-order valence-corrected chi connectivity index (χ1v) is 8.59. The average molecular weight is 362 g/mol. The lowest BCUT2D eigenvalue weighted by Gasteiger charge is -2.11. The van der Waals surface area contributed by atoms with Crippen LogP contribution in [-0.2, 0) is 10.0 Å². The molecule has 0 radical (unpaired) electrons. The Bertz CT molecular complexity index is 1070. The predicted octanol–water partition coefficient (Wildman–Crippen LogP) is 2.59. The molecule has 10 heteroatoms. The zero-order valence-corrected chi connectivity index (χ0v) is 14.1. The Morgan fingerprint density at radius 2 is 2.04 bits per heavy atom. The van der Waals surface area contributed by atoms with Crippen LogP contribution >= 0.6 is 0 Å². The van der Waals surface area contributed by atoms with Gasteiger partial charge in [-0.15, -0.1) is 0 Å². The van der Waals surface area contributed by atoms with E-state index in [4.69, 9.17) is 4.74 Å². The number of nitro benzene ring substituents is 1. The van der Waals surface area contributed by atoms with Gasteiger partial charge in [-0.3, -0.25) is 19.9 Å². The Labute approximate surface area is 142 Å². The third-order valence-electron chi connectivity index (χ3n) is 3.68. The molecule has 9 nitrogen and oxygen atoms in total. The molecule has 3 aromatic rings. The largest absolute Gasteiger partial charge is 0.497 e. The fraction of sp³-hybridized carbons (Fsp3) is 0.133. The molecule has 3 rings (SSSR count). The highest BCUT2D eigenvalue weighted by molar-refractivity contribution is 7.92. The summed E-state index contributed by atoms with van der Waals surface area (Å²) in [4.78, 5) is 10.0. The summed E-state index contributed by atoms with van der Waals surface area (Å²) in [6.45, 7) is 1.73. The summed E-state index contributed by atoms with van der Waals surface area (Å²) >= 11 is 0. The molecule has 0 aliphatic carbocycles. The molecule has 2 aromatic carbocycles. The number of ether oxygens (including phenoxy) is 1. The molecule has 130 valence electrons. The number of rotatable bonds is 5. The summed E-state index contributed by atoms with van der Waals surface area (Å²) in [5, 5.41) is 18.7. The van der Waals surface area contributed by atoms with Crippen molar-refractivity contribution in [2.75, 3.05) is 11.8 Å². The number of anilines is 1. The number of fused-ring (bicyclic) bond motifs is 1. The third kappa shape index (κ3) is 3.11. The first-order chi connectivity index (χ1) is 11.8. The van der Waals surface area contributed by atoms with Crippen LogP contribution in [0, 0.1) is 17.0 Å². The van der Waals surface area contributed by atoms with Gasteiger partial charge in [0.15, 0.2) is 4.90 Å². The van der Waals surface area contributed by atoms with E-state index < -0.39 is 25.5 Å². The fourth-order valence-electron chi connectivity index (χ4n) is 2.41. The summed E-state index contributed by atoms with van der Waals surface area (Å²) in [6, 6.07) is 6.92. The van der Waals surface area contributed by atoms with E-state index in [1.807, 2.05) is 0 Å². The molecule has 0 saturated carbocycles. The third-order valence-corrected chi connectivity index (χ3v) is 5.09. The van der Waals surface area contributed by atoms with E-state index in [-0.39, 0.29) is 5.75 Å². The Balaban J connectivity index is 2.07. The number of H-pyrrole nitrogens is 1. The zero-order valence-electron chi connectivity index (χ0n) is 13.3. The number of aromatic nitrogens is 2. The van der Waals surface area contributed by atoms with Crippen molar-refractivity contribution in [1.29, 1.82) is 0 Å². The van der Waals surface area contributed by atoms with Crippen molar-refractivity contribution in [2.45, 2.75) is 11.8 Å². The highest BCUT2D eigenvalue weighted by atomic mass is 32.2. The Morgan fingerprint density at radius 3 is 2.72 bits per heavy atom. The lowest BCUT2D eigenvalue weighted by molar-refractivity contribution is -0.387. The minimum absolute atomic E-state index is 0.195. The second-order valence-electron chi connectivity index (χ2n) is 5.32. The van der Waals surface area contributed by atoms with Crippen LogP contribution in [0.15, 0.2) is 41.4 Å². The van der Waals surface area contributed by atoms with Crippen molar-refractivity contribution in [3.8, 4) is 5.75 Å². The maximum atomic E-state index is 12.7. The number of methoxy groups -OCH3 is 1. The maximum absolute atomic E-state index is 12.7. The molecule has 1 aromatic heterocycles. The lowest BCUT2D eigenvalue weighted by Crippen LogP contribution is -2.15. The molecule has 0 atom stereocenters. The highest BCUT2D eigenvalue weighted by Gasteiger charge is 2.27. The van der Waals surface area contributed by atoms with Gasteiger partial charge in [-0.1, -0.05) is 0 Å². The molecule has 2 N–H and O–H groups in total. The van der Waals surface area contributed by atoms with Gasteiger partial charge in [-0.25, -0.2) is 8.42 Å². The SMILES string of the molecule is COc1ccc(S(=O)(=O)Nc2cc3[nH]ncc3cc2C)c([N+](=O)[O-])c1. The number of nitrogens with one attached hydrogen (secondary N) is 2. The van der Waals surface area contributed by atoms with Crippen LogP contribution in [0.5, 0.6) is 5.75 Å². The van der Waals surface area contributed by atoms with Gasteiger partial charge in [0.05, 0.1) is 35.5 Å². The molecule has 0 fully saturated rings. The highest BCUT2D eigenvalue weighted by Crippen LogP contribution is 2.31. The van der Waals surface area contributed by atoms with E-state index in [1.165, 1.54) is 13.2 Å². The number of nitro groups is 1. The monoisotopic (exact) mass is 362 g/mol. The van der Waals surface area contributed by atoms with Crippen molar-refractivity contribution < 1.29 is 18.1 Å². The van der Waals surface area contributed by atoms with E-state index in [2.05, 4.69) is 14.9 Å². The first kappa shape index (κ1) is 16.7. The molecule has 0 aliphatic heterocycles. The Morgan fingerprint density at radius 1 is 1.28 bits per heavy atom. The first-order valence-electron chi connectivity index (χ1n) is 7.11. The topological polar surface area (TPSA) is 127 Å². The Kier molecular flexibility index (Phi) is 4.05. The van der Waals surface area contributed by atoms with Gasteiger partial charge < -0.3 is 4.74 Å². The lowest BCUT2D eigenvalue weighted by atomic mass is 10.1. The molecular weight excluding hydrogens is 348 g/mol. The van der Waals surface area contributed by atoms with E-state index in [0.29, 0.717) is 16.8 Å². The van der Waals surface area contributed by atoms with Crippen molar-refractivity contribution >= 4 is 32.3 Å². The van der Waals surface area contributed by atoms with E-state index >= 15 is 0 Å². The average Bonchev–Trinajstić information content (AvgIpc) is 3.01. The normalized spacial score (nSPS) is 11.4. The van der Waals surface area contributed by atoms with Gasteiger partial charge in [0.1, 0.15) is 5.75 Å². The second kappa shape index (κ2) is 6.06. The van der Waals surface area contributed by atoms with Crippen LogP contribution in [0.1, 0.15) is 5.56 Å². The molecule has 0 saturated heterocycles. The summed E-state index contributed by atoms with van der Waals surface area (Å²) in [5.41, 5.74) is 1.05. The van der Waals surface area contributed by atoms with Crippen LogP contribution in [0.2, 0.25) is 0 Å². The van der Waals surface area contributed by atoms with Gasteiger partial charge in [-0.2, -0.15) is 5.10 Å². The van der Waals surface area contributed by atoms with Gasteiger partial charge in [0.2, 0.25) is 0 Å². The van der Waals surface area contributed by atoms with Crippen molar-refractivity contribution in [2.24, 2.45) is 0 Å². The minimum Gasteiger partial charge on any atom is -0.497 e. The number of benzene rings is 2. The number of sulfonamides is 1. The van der Waals surface area contributed by atoms with Crippen molar-refractivity contribution in [1.82, 2.24) is 10.2 Å². The summed E-state index contributed by atoms with van der Waals surface area (Å²) < 4.78 is 32.7. The summed E-state index contributed by atoms with van der Waals surface area (Å²) in [6.07, 6.45) is 1.62. The van der Waals surface area contributed by atoms with Crippen molar-refractivity contribution in [3.63, 3.8) is 0 Å². The van der Waals surface area contributed by atoms with Crippen LogP contribution in [-0.4, -0.2) is 30.6 Å². The molecule has 0 aliphatic rings. The number of aryl methyl sites for hydroxylation is 1. The molecular formula is C15H14N4O5S. The number of aromatic amines is 1. The van der Waals surface area contributed by atoms with Crippen LogP contribution < -0.4 is 9.46 Å². The number of nitrogens with zero attached hydrogens (tertiary/aromatic N) is 2. The van der Waals surface area contributed by atoms with Crippen LogP contribution in [0.4, 0.5) is 11.4 Å². The van der Waals surface area contributed by atoms with Crippen LogP contribution in [0.25, 0.3) is 10.9 Å². The van der Waals surface area contributed by atoms with Gasteiger partial charge in [-0.05, 0) is 36.8 Å². The molecule has 0 spiro atoms. The quantitative estimate of drug-likeness (QED) is 0.530. The minimum atomic E-state index is -4.17. The molecule has 0 amide bonds. The molecule has 0 unspecified atom stereocenters. The van der Waals surface area contributed by atoms with Crippen LogP contribution in [0.3, 0.4) is 0 Å². The summed E-state index contributed by atoms with van der Waals surface area (Å²) in [5.74, 6) is 0.195. The van der Waals surface area contributed by atoms with Crippen molar-refractivity contribution in [3.05, 3.63) is 52.2 Å². The molecule has 25 heavy (non-hydrogen) atoms. The van der Waals surface area contributed by atoms with Gasteiger partial charge in [0.25, 0.3) is 15.7 Å². The maximum Gasteiger partial charge on any atom is 0.293 e. The predicted molar refractivity (Wildman–Crippen MR) is 91.3 cm³/mol. The number of hydrogen-bond acceptors (Lipinski definition) is 6.